The first kappa shape index (κ1) is 23.2. The Hall–Kier alpha value is -2.09. The van der Waals surface area contributed by atoms with Gasteiger partial charge >= 0.3 is 0 Å². The highest BCUT2D eigenvalue weighted by atomic mass is 127. The molecule has 2 rings (SSSR count). The predicted octanol–water partition coefficient (Wildman–Crippen LogP) is 4.31. The van der Waals surface area contributed by atoms with Crippen LogP contribution in [0.3, 0.4) is 0 Å². The first-order valence-corrected chi connectivity index (χ1v) is 10.9. The molecular weight excluding hydrogens is 479 g/mol. The number of halogens is 1. The lowest BCUT2D eigenvalue weighted by molar-refractivity contribution is -0.142. The third-order valence-electron chi connectivity index (χ3n) is 4.82. The van der Waals surface area contributed by atoms with Gasteiger partial charge in [0.25, 0.3) is 5.91 Å². The molecule has 0 aliphatic rings. The molecule has 2 amide bonds. The number of carbonyl (C=O) groups is 2. The van der Waals surface area contributed by atoms with E-state index in [1.54, 1.807) is 11.8 Å². The van der Waals surface area contributed by atoms with Gasteiger partial charge in [0.15, 0.2) is 6.61 Å². The van der Waals surface area contributed by atoms with Crippen LogP contribution in [0.2, 0.25) is 0 Å². The third-order valence-corrected chi connectivity index (χ3v) is 5.54. The van der Waals surface area contributed by atoms with Crippen LogP contribution in [0.25, 0.3) is 0 Å². The van der Waals surface area contributed by atoms with Gasteiger partial charge in [-0.2, -0.15) is 0 Å². The maximum atomic E-state index is 13.0. The monoisotopic (exact) mass is 508 g/mol. The van der Waals surface area contributed by atoms with Gasteiger partial charge < -0.3 is 15.0 Å². The second-order valence-electron chi connectivity index (χ2n) is 7.24. The standard InChI is InChI=1S/C23H29IN2O3/c1-5-17(3)25-23(28)18(4)26(14-19-8-6-16(2)7-9-19)22(27)15-29-21-12-10-20(24)11-13-21/h6-13,17-18H,5,14-15H2,1-4H3,(H,25,28)/t17-,18-/m1/s1. The summed E-state index contributed by atoms with van der Waals surface area (Å²) in [6, 6.07) is 14.9. The summed E-state index contributed by atoms with van der Waals surface area (Å²) >= 11 is 2.22. The maximum absolute atomic E-state index is 13.0. The fourth-order valence-corrected chi connectivity index (χ4v) is 3.06. The normalized spacial score (nSPS) is 12.7. The Kier molecular flexibility index (Phi) is 8.95. The Morgan fingerprint density at radius 3 is 2.28 bits per heavy atom. The van der Waals surface area contributed by atoms with Crippen molar-refractivity contribution in [3.8, 4) is 5.75 Å². The molecule has 5 nitrogen and oxygen atoms in total. The summed E-state index contributed by atoms with van der Waals surface area (Å²) in [5.41, 5.74) is 2.12. The van der Waals surface area contributed by atoms with E-state index in [0.29, 0.717) is 12.3 Å². The Morgan fingerprint density at radius 2 is 1.69 bits per heavy atom. The Balaban J connectivity index is 2.13. The van der Waals surface area contributed by atoms with Crippen molar-refractivity contribution in [1.82, 2.24) is 10.2 Å². The van der Waals surface area contributed by atoms with Gasteiger partial charge in [-0.1, -0.05) is 36.8 Å². The Labute approximate surface area is 187 Å². The van der Waals surface area contributed by atoms with Gasteiger partial charge in [0, 0.05) is 16.2 Å². The van der Waals surface area contributed by atoms with Crippen molar-refractivity contribution < 1.29 is 14.3 Å². The summed E-state index contributed by atoms with van der Waals surface area (Å²) < 4.78 is 6.76. The van der Waals surface area contributed by atoms with Gasteiger partial charge in [-0.15, -0.1) is 0 Å². The molecule has 0 saturated carbocycles. The van der Waals surface area contributed by atoms with E-state index in [9.17, 15) is 9.59 Å². The van der Waals surface area contributed by atoms with Gasteiger partial charge in [0.05, 0.1) is 0 Å². The topological polar surface area (TPSA) is 58.6 Å². The molecule has 0 unspecified atom stereocenters. The van der Waals surface area contributed by atoms with Gasteiger partial charge in [0.2, 0.25) is 5.91 Å². The molecule has 1 N–H and O–H groups in total. The SMILES string of the molecule is CC[C@@H](C)NC(=O)[C@@H](C)N(Cc1ccc(C)cc1)C(=O)COc1ccc(I)cc1. The van der Waals surface area contributed by atoms with E-state index >= 15 is 0 Å². The lowest BCUT2D eigenvalue weighted by atomic mass is 10.1. The molecule has 0 bridgehead atoms. The number of amides is 2. The van der Waals surface area contributed by atoms with Crippen LogP contribution in [0.1, 0.15) is 38.3 Å². The van der Waals surface area contributed by atoms with E-state index < -0.39 is 6.04 Å². The highest BCUT2D eigenvalue weighted by Crippen LogP contribution is 2.15. The molecule has 6 heteroatoms. The second kappa shape index (κ2) is 11.2. The number of aryl methyl sites for hydroxylation is 1. The Bertz CT molecular complexity index is 806. The van der Waals surface area contributed by atoms with Crippen LogP contribution < -0.4 is 10.1 Å². The van der Waals surface area contributed by atoms with Crippen LogP contribution in [0, 0.1) is 10.5 Å². The quantitative estimate of drug-likeness (QED) is 0.514. The minimum absolute atomic E-state index is 0.0596. The summed E-state index contributed by atoms with van der Waals surface area (Å²) in [5.74, 6) is 0.246. The van der Waals surface area contributed by atoms with Crippen LogP contribution in [-0.4, -0.2) is 35.4 Å². The van der Waals surface area contributed by atoms with Crippen molar-refractivity contribution in [3.05, 3.63) is 63.2 Å². The summed E-state index contributed by atoms with van der Waals surface area (Å²) in [5, 5.41) is 2.97. The molecule has 0 aliphatic carbocycles. The van der Waals surface area contributed by atoms with Crippen LogP contribution in [0.5, 0.6) is 5.75 Å². The van der Waals surface area contributed by atoms with Gasteiger partial charge in [-0.05, 0) is 79.6 Å². The third kappa shape index (κ3) is 7.34. The van der Waals surface area contributed by atoms with Gasteiger partial charge in [0.1, 0.15) is 11.8 Å². The van der Waals surface area contributed by atoms with Crippen molar-refractivity contribution in [3.63, 3.8) is 0 Å². The molecule has 0 aliphatic heterocycles. The zero-order valence-corrected chi connectivity index (χ0v) is 19.6. The highest BCUT2D eigenvalue weighted by Gasteiger charge is 2.27. The number of benzene rings is 2. The number of ether oxygens (including phenoxy) is 1. The van der Waals surface area contributed by atoms with Crippen molar-refractivity contribution >= 4 is 34.4 Å². The number of nitrogens with zero attached hydrogens (tertiary/aromatic N) is 1. The molecule has 2 atom stereocenters. The zero-order chi connectivity index (χ0) is 21.4. The smallest absolute Gasteiger partial charge is 0.261 e. The minimum Gasteiger partial charge on any atom is -0.484 e. The second-order valence-corrected chi connectivity index (χ2v) is 8.49. The fraction of sp³-hybridized carbons (Fsp3) is 0.391. The molecule has 156 valence electrons. The molecule has 0 spiro atoms. The number of hydrogen-bond acceptors (Lipinski definition) is 3. The van der Waals surface area contributed by atoms with Crippen LogP contribution in [-0.2, 0) is 16.1 Å². The van der Waals surface area contributed by atoms with E-state index in [4.69, 9.17) is 4.74 Å². The lowest BCUT2D eigenvalue weighted by Gasteiger charge is -2.29. The fourth-order valence-electron chi connectivity index (χ4n) is 2.70. The first-order chi connectivity index (χ1) is 13.8. The van der Waals surface area contributed by atoms with Gasteiger partial charge in [-0.3, -0.25) is 9.59 Å². The van der Waals surface area contributed by atoms with E-state index in [-0.39, 0.29) is 24.5 Å². The minimum atomic E-state index is -0.599. The lowest BCUT2D eigenvalue weighted by Crippen LogP contribution is -2.50. The van der Waals surface area contributed by atoms with Crippen molar-refractivity contribution in [1.29, 1.82) is 0 Å². The number of carbonyl (C=O) groups excluding carboxylic acids is 2. The van der Waals surface area contributed by atoms with Crippen LogP contribution in [0.4, 0.5) is 0 Å². The molecule has 2 aromatic rings. The average Bonchev–Trinajstić information content (AvgIpc) is 2.72. The molecule has 0 saturated heterocycles. The van der Waals surface area contributed by atoms with Gasteiger partial charge in [-0.25, -0.2) is 0 Å². The number of nitrogens with one attached hydrogen (secondary N) is 1. The number of hydrogen-bond donors (Lipinski definition) is 1. The summed E-state index contributed by atoms with van der Waals surface area (Å²) in [6.07, 6.45) is 0.834. The molecule has 0 aromatic heterocycles. The maximum Gasteiger partial charge on any atom is 0.261 e. The molecule has 0 heterocycles. The molecular formula is C23H29IN2O3. The molecule has 29 heavy (non-hydrogen) atoms. The van der Waals surface area contributed by atoms with Crippen LogP contribution in [0.15, 0.2) is 48.5 Å². The number of rotatable bonds is 9. The highest BCUT2D eigenvalue weighted by molar-refractivity contribution is 14.1. The van der Waals surface area contributed by atoms with E-state index in [1.165, 1.54) is 0 Å². The summed E-state index contributed by atoms with van der Waals surface area (Å²) in [6.45, 7) is 7.98. The predicted molar refractivity (Wildman–Crippen MR) is 124 cm³/mol. The van der Waals surface area contributed by atoms with Crippen molar-refractivity contribution in [2.75, 3.05) is 6.61 Å². The van der Waals surface area contributed by atoms with E-state index in [0.717, 1.165) is 21.1 Å². The van der Waals surface area contributed by atoms with Crippen molar-refractivity contribution in [2.45, 2.75) is 52.7 Å². The van der Waals surface area contributed by atoms with Crippen molar-refractivity contribution in [2.24, 2.45) is 0 Å². The molecule has 0 radical (unpaired) electrons. The zero-order valence-electron chi connectivity index (χ0n) is 17.4. The van der Waals surface area contributed by atoms with E-state index in [1.807, 2.05) is 69.3 Å². The average molecular weight is 508 g/mol. The molecule has 2 aromatic carbocycles. The molecule has 0 fully saturated rings. The summed E-state index contributed by atoms with van der Waals surface area (Å²) in [7, 11) is 0. The first-order valence-electron chi connectivity index (χ1n) is 9.84. The van der Waals surface area contributed by atoms with E-state index in [2.05, 4.69) is 27.9 Å². The summed E-state index contributed by atoms with van der Waals surface area (Å²) in [4.78, 5) is 27.2. The largest absolute Gasteiger partial charge is 0.484 e. The van der Waals surface area contributed by atoms with Crippen LogP contribution >= 0.6 is 22.6 Å². The Morgan fingerprint density at radius 1 is 1.07 bits per heavy atom.